The van der Waals surface area contributed by atoms with Crippen molar-refractivity contribution in [3.63, 3.8) is 0 Å². The van der Waals surface area contributed by atoms with Gasteiger partial charge in [-0.15, -0.1) is 11.8 Å². The third-order valence-electron chi connectivity index (χ3n) is 2.93. The van der Waals surface area contributed by atoms with Crippen LogP contribution >= 0.6 is 11.8 Å². The number of ether oxygens (including phenoxy) is 1. The third kappa shape index (κ3) is 4.11. The molecule has 1 aliphatic heterocycles. The Bertz CT molecular complexity index is 465. The standard InChI is InChI=1S/C15H18O3S/c1-2-18-15(17)10-12-5-3-11(4-6-12)9-14-13(16)7-8-19-14/h3-6,9,13,16H,2,7-8,10H2,1H3/b14-9-. The summed E-state index contributed by atoms with van der Waals surface area (Å²) < 4.78 is 4.91. The van der Waals surface area contributed by atoms with Gasteiger partial charge in [-0.05, 0) is 30.5 Å². The van der Waals surface area contributed by atoms with Gasteiger partial charge in [0.05, 0.1) is 19.1 Å². The average Bonchev–Trinajstić information content (AvgIpc) is 2.78. The van der Waals surface area contributed by atoms with E-state index in [4.69, 9.17) is 4.74 Å². The van der Waals surface area contributed by atoms with Gasteiger partial charge in [-0.25, -0.2) is 0 Å². The maximum atomic E-state index is 11.3. The number of aliphatic hydroxyl groups excluding tert-OH is 1. The molecule has 0 aliphatic carbocycles. The predicted molar refractivity (Wildman–Crippen MR) is 77.8 cm³/mol. The fourth-order valence-electron chi connectivity index (χ4n) is 1.94. The van der Waals surface area contributed by atoms with Crippen LogP contribution in [0.2, 0.25) is 0 Å². The monoisotopic (exact) mass is 278 g/mol. The summed E-state index contributed by atoms with van der Waals surface area (Å²) >= 11 is 1.70. The van der Waals surface area contributed by atoms with Crippen LogP contribution in [0.4, 0.5) is 0 Å². The van der Waals surface area contributed by atoms with E-state index in [0.29, 0.717) is 13.0 Å². The van der Waals surface area contributed by atoms with Crippen molar-refractivity contribution in [3.8, 4) is 0 Å². The van der Waals surface area contributed by atoms with Crippen LogP contribution in [-0.2, 0) is 16.0 Å². The first-order valence-electron chi connectivity index (χ1n) is 6.46. The van der Waals surface area contributed by atoms with E-state index in [-0.39, 0.29) is 12.1 Å². The van der Waals surface area contributed by atoms with E-state index in [2.05, 4.69) is 0 Å². The summed E-state index contributed by atoms with van der Waals surface area (Å²) in [5.74, 6) is 0.781. The van der Waals surface area contributed by atoms with Crippen LogP contribution < -0.4 is 0 Å². The number of carbonyl (C=O) groups is 1. The fraction of sp³-hybridized carbons (Fsp3) is 0.400. The molecule has 0 saturated carbocycles. The molecule has 1 fully saturated rings. The zero-order valence-corrected chi connectivity index (χ0v) is 11.8. The van der Waals surface area contributed by atoms with E-state index in [9.17, 15) is 9.90 Å². The summed E-state index contributed by atoms with van der Waals surface area (Å²) in [7, 11) is 0. The Balaban J connectivity index is 2.00. The number of carbonyl (C=O) groups excluding carboxylic acids is 1. The van der Waals surface area contributed by atoms with Crippen molar-refractivity contribution in [2.45, 2.75) is 25.9 Å². The van der Waals surface area contributed by atoms with Crippen molar-refractivity contribution >= 4 is 23.8 Å². The number of rotatable bonds is 4. The molecule has 4 heteroatoms. The molecule has 1 saturated heterocycles. The topological polar surface area (TPSA) is 46.5 Å². The van der Waals surface area contributed by atoms with Crippen molar-refractivity contribution in [2.24, 2.45) is 0 Å². The molecule has 1 N–H and O–H groups in total. The minimum atomic E-state index is -0.316. The molecule has 1 unspecified atom stereocenters. The predicted octanol–water partition coefficient (Wildman–Crippen LogP) is 2.63. The Kier molecular flexibility index (Phi) is 5.05. The van der Waals surface area contributed by atoms with Gasteiger partial charge in [0.15, 0.2) is 0 Å². The quantitative estimate of drug-likeness (QED) is 0.860. The first-order valence-corrected chi connectivity index (χ1v) is 7.44. The molecule has 2 rings (SSSR count). The summed E-state index contributed by atoms with van der Waals surface area (Å²) in [5, 5.41) is 9.73. The van der Waals surface area contributed by atoms with Crippen LogP contribution in [0, 0.1) is 0 Å². The molecule has 0 radical (unpaired) electrons. The van der Waals surface area contributed by atoms with Gasteiger partial charge in [-0.3, -0.25) is 4.79 Å². The number of hydrogen-bond donors (Lipinski definition) is 1. The molecule has 0 aromatic heterocycles. The lowest BCUT2D eigenvalue weighted by molar-refractivity contribution is -0.142. The van der Waals surface area contributed by atoms with Crippen molar-refractivity contribution < 1.29 is 14.6 Å². The van der Waals surface area contributed by atoms with E-state index >= 15 is 0 Å². The van der Waals surface area contributed by atoms with Crippen molar-refractivity contribution in [2.75, 3.05) is 12.4 Å². The summed E-state index contributed by atoms with van der Waals surface area (Å²) in [4.78, 5) is 12.4. The van der Waals surface area contributed by atoms with E-state index in [0.717, 1.165) is 28.2 Å². The van der Waals surface area contributed by atoms with Crippen LogP contribution in [0.15, 0.2) is 29.2 Å². The lowest BCUT2D eigenvalue weighted by atomic mass is 10.1. The van der Waals surface area contributed by atoms with E-state index in [1.165, 1.54) is 0 Å². The van der Waals surface area contributed by atoms with E-state index < -0.39 is 0 Å². The Morgan fingerprint density at radius 1 is 1.47 bits per heavy atom. The van der Waals surface area contributed by atoms with Gasteiger partial charge in [0, 0.05) is 10.7 Å². The summed E-state index contributed by atoms with van der Waals surface area (Å²) in [6.45, 7) is 2.22. The van der Waals surface area contributed by atoms with Crippen molar-refractivity contribution in [1.82, 2.24) is 0 Å². The fourth-order valence-corrected chi connectivity index (χ4v) is 3.05. The lowest BCUT2D eigenvalue weighted by Gasteiger charge is -2.04. The van der Waals surface area contributed by atoms with Gasteiger partial charge in [0.1, 0.15) is 0 Å². The van der Waals surface area contributed by atoms with Gasteiger partial charge in [-0.2, -0.15) is 0 Å². The number of benzene rings is 1. The number of aliphatic hydroxyl groups is 1. The van der Waals surface area contributed by atoms with E-state index in [1.807, 2.05) is 30.3 Å². The smallest absolute Gasteiger partial charge is 0.310 e. The van der Waals surface area contributed by atoms with Crippen molar-refractivity contribution in [3.05, 3.63) is 40.3 Å². The Labute approximate surface area is 117 Å². The molecule has 1 aromatic rings. The molecule has 0 bridgehead atoms. The second-order valence-corrected chi connectivity index (χ2v) is 5.59. The molecule has 1 atom stereocenters. The molecular formula is C15H18O3S. The molecule has 1 aromatic carbocycles. The van der Waals surface area contributed by atoms with Crippen LogP contribution in [-0.4, -0.2) is 29.5 Å². The number of hydrogen-bond acceptors (Lipinski definition) is 4. The number of thioether (sulfide) groups is 1. The molecule has 1 heterocycles. The summed E-state index contributed by atoms with van der Waals surface area (Å²) in [5.41, 5.74) is 2.00. The molecule has 0 amide bonds. The Hall–Kier alpha value is -1.26. The molecule has 19 heavy (non-hydrogen) atoms. The highest BCUT2D eigenvalue weighted by Gasteiger charge is 2.18. The van der Waals surface area contributed by atoms with Gasteiger partial charge in [0.2, 0.25) is 0 Å². The first-order chi connectivity index (χ1) is 9.19. The van der Waals surface area contributed by atoms with Crippen LogP contribution in [0.3, 0.4) is 0 Å². The van der Waals surface area contributed by atoms with E-state index in [1.54, 1.807) is 18.7 Å². The highest BCUT2D eigenvalue weighted by Crippen LogP contribution is 2.32. The van der Waals surface area contributed by atoms with Crippen LogP contribution in [0.5, 0.6) is 0 Å². The lowest BCUT2D eigenvalue weighted by Crippen LogP contribution is -2.07. The molecule has 102 valence electrons. The average molecular weight is 278 g/mol. The maximum Gasteiger partial charge on any atom is 0.310 e. The largest absolute Gasteiger partial charge is 0.466 e. The zero-order chi connectivity index (χ0) is 13.7. The molecule has 3 nitrogen and oxygen atoms in total. The van der Waals surface area contributed by atoms with Crippen LogP contribution in [0.1, 0.15) is 24.5 Å². The van der Waals surface area contributed by atoms with Crippen LogP contribution in [0.25, 0.3) is 6.08 Å². The SMILES string of the molecule is CCOC(=O)Cc1ccc(/C=C2\SCCC2O)cc1. The van der Waals surface area contributed by atoms with Gasteiger partial charge >= 0.3 is 5.97 Å². The minimum absolute atomic E-state index is 0.199. The number of esters is 1. The highest BCUT2D eigenvalue weighted by molar-refractivity contribution is 8.03. The Morgan fingerprint density at radius 2 is 2.21 bits per heavy atom. The zero-order valence-electron chi connectivity index (χ0n) is 11.0. The van der Waals surface area contributed by atoms with Gasteiger partial charge < -0.3 is 9.84 Å². The maximum absolute atomic E-state index is 11.3. The third-order valence-corrected chi connectivity index (χ3v) is 4.09. The second-order valence-electron chi connectivity index (χ2n) is 4.42. The van der Waals surface area contributed by atoms with Gasteiger partial charge in [0.25, 0.3) is 0 Å². The molecule has 1 aliphatic rings. The van der Waals surface area contributed by atoms with Crippen molar-refractivity contribution in [1.29, 1.82) is 0 Å². The van der Waals surface area contributed by atoms with Gasteiger partial charge in [-0.1, -0.05) is 24.3 Å². The normalized spacial score (nSPS) is 20.7. The summed E-state index contributed by atoms with van der Waals surface area (Å²) in [6, 6.07) is 7.78. The summed E-state index contributed by atoms with van der Waals surface area (Å²) in [6.07, 6.45) is 2.83. The molecule has 0 spiro atoms. The highest BCUT2D eigenvalue weighted by atomic mass is 32.2. The minimum Gasteiger partial charge on any atom is -0.466 e. The Morgan fingerprint density at radius 3 is 2.79 bits per heavy atom. The first kappa shape index (κ1) is 14.2. The second kappa shape index (κ2) is 6.78. The molecular weight excluding hydrogens is 260 g/mol.